The largest absolute Gasteiger partial charge is 0.370 e. The molecule has 0 atom stereocenters. The van der Waals surface area contributed by atoms with Crippen molar-refractivity contribution in [3.63, 3.8) is 0 Å². The van der Waals surface area contributed by atoms with Crippen LogP contribution in [0.1, 0.15) is 23.7 Å². The lowest BCUT2D eigenvalue weighted by Crippen LogP contribution is -2.32. The van der Waals surface area contributed by atoms with Crippen LogP contribution in [0.3, 0.4) is 0 Å². The van der Waals surface area contributed by atoms with Gasteiger partial charge in [0, 0.05) is 30.9 Å². The van der Waals surface area contributed by atoms with Crippen LogP contribution in [0.25, 0.3) is 0 Å². The van der Waals surface area contributed by atoms with Crippen LogP contribution in [-0.4, -0.2) is 44.9 Å². The molecule has 0 aliphatic heterocycles. The highest BCUT2D eigenvalue weighted by atomic mass is 16.1. The van der Waals surface area contributed by atoms with Gasteiger partial charge in [0.1, 0.15) is 0 Å². The first-order valence-electron chi connectivity index (χ1n) is 6.13. The molecule has 0 amide bonds. The summed E-state index contributed by atoms with van der Waals surface area (Å²) in [5.74, 6) is 0. The summed E-state index contributed by atoms with van der Waals surface area (Å²) in [6.07, 6.45) is 2.02. The average Bonchev–Trinajstić information content (AvgIpc) is 2.34. The molecule has 1 aromatic carbocycles. The van der Waals surface area contributed by atoms with Crippen LogP contribution in [-0.2, 0) is 0 Å². The fraction of sp³-hybridized carbons (Fsp3) is 0.500. The van der Waals surface area contributed by atoms with Crippen LogP contribution in [0.5, 0.6) is 0 Å². The van der Waals surface area contributed by atoms with E-state index in [1.165, 1.54) is 0 Å². The van der Waals surface area contributed by atoms with E-state index >= 15 is 0 Å². The maximum absolute atomic E-state index is 11.0. The number of hydrogen-bond acceptors (Lipinski definition) is 3. The van der Waals surface area contributed by atoms with E-state index in [1.54, 1.807) is 0 Å². The van der Waals surface area contributed by atoms with Crippen LogP contribution in [0.2, 0.25) is 0 Å². The van der Waals surface area contributed by atoms with Gasteiger partial charge in [0.2, 0.25) is 0 Å². The van der Waals surface area contributed by atoms with Crippen LogP contribution in [0.4, 0.5) is 5.69 Å². The van der Waals surface area contributed by atoms with Crippen molar-refractivity contribution in [1.82, 2.24) is 4.90 Å². The lowest BCUT2D eigenvalue weighted by Gasteiger charge is -2.27. The maximum Gasteiger partial charge on any atom is 0.152 e. The van der Waals surface area contributed by atoms with Gasteiger partial charge in [-0.2, -0.15) is 0 Å². The van der Waals surface area contributed by atoms with E-state index in [9.17, 15) is 4.79 Å². The average molecular weight is 234 g/mol. The summed E-state index contributed by atoms with van der Waals surface area (Å²) >= 11 is 0. The molecule has 1 aromatic rings. The van der Waals surface area contributed by atoms with Crippen molar-refractivity contribution in [3.8, 4) is 0 Å². The number of para-hydroxylation sites is 1. The van der Waals surface area contributed by atoms with Gasteiger partial charge in [-0.05, 0) is 32.6 Å². The number of rotatable bonds is 7. The summed E-state index contributed by atoms with van der Waals surface area (Å²) in [7, 11) is 4.13. The molecule has 0 N–H and O–H groups in total. The van der Waals surface area contributed by atoms with E-state index in [0.717, 1.165) is 43.6 Å². The molecular formula is C14H22N2O. The van der Waals surface area contributed by atoms with Gasteiger partial charge < -0.3 is 9.80 Å². The number of aldehydes is 1. The van der Waals surface area contributed by atoms with E-state index in [1.807, 2.05) is 24.3 Å². The summed E-state index contributed by atoms with van der Waals surface area (Å²) in [6, 6.07) is 7.79. The van der Waals surface area contributed by atoms with Gasteiger partial charge in [0.05, 0.1) is 0 Å². The quantitative estimate of drug-likeness (QED) is 0.676. The van der Waals surface area contributed by atoms with Gasteiger partial charge in [-0.15, -0.1) is 0 Å². The minimum atomic E-state index is 0.778. The molecule has 0 saturated carbocycles. The standard InChI is InChI=1S/C14H22N2O/c1-4-9-16(11-10-15(2)3)14-8-6-5-7-13(14)12-17/h5-8,12H,4,9-11H2,1-3H3. The Morgan fingerprint density at radius 2 is 1.82 bits per heavy atom. The molecule has 0 spiro atoms. The van der Waals surface area contributed by atoms with Gasteiger partial charge in [0.15, 0.2) is 6.29 Å². The van der Waals surface area contributed by atoms with Crippen molar-refractivity contribution >= 4 is 12.0 Å². The monoisotopic (exact) mass is 234 g/mol. The van der Waals surface area contributed by atoms with Gasteiger partial charge in [0.25, 0.3) is 0 Å². The fourth-order valence-electron chi connectivity index (χ4n) is 1.82. The number of benzene rings is 1. The third kappa shape index (κ3) is 4.19. The van der Waals surface area contributed by atoms with E-state index < -0.39 is 0 Å². The molecule has 0 aromatic heterocycles. The number of hydrogen-bond donors (Lipinski definition) is 0. The Hall–Kier alpha value is -1.35. The predicted octanol–water partition coefficient (Wildman–Crippen LogP) is 2.28. The molecular weight excluding hydrogens is 212 g/mol. The summed E-state index contributed by atoms with van der Waals surface area (Å²) in [6.45, 7) is 5.09. The first-order chi connectivity index (χ1) is 8.19. The first kappa shape index (κ1) is 13.7. The second-order valence-electron chi connectivity index (χ2n) is 4.47. The molecule has 0 aliphatic rings. The van der Waals surface area contributed by atoms with Crippen molar-refractivity contribution in [1.29, 1.82) is 0 Å². The molecule has 17 heavy (non-hydrogen) atoms. The van der Waals surface area contributed by atoms with Gasteiger partial charge in [-0.25, -0.2) is 0 Å². The number of carbonyl (C=O) groups excluding carboxylic acids is 1. The minimum Gasteiger partial charge on any atom is -0.370 e. The molecule has 94 valence electrons. The Morgan fingerprint density at radius 1 is 1.12 bits per heavy atom. The predicted molar refractivity (Wildman–Crippen MR) is 72.9 cm³/mol. The van der Waals surface area contributed by atoms with Gasteiger partial charge in [-0.1, -0.05) is 19.1 Å². The summed E-state index contributed by atoms with van der Waals surface area (Å²) in [5, 5.41) is 0. The molecule has 0 saturated heterocycles. The minimum absolute atomic E-state index is 0.778. The summed E-state index contributed by atoms with van der Waals surface area (Å²) in [4.78, 5) is 15.5. The zero-order chi connectivity index (χ0) is 12.7. The number of likely N-dealkylation sites (N-methyl/N-ethyl adjacent to an activating group) is 1. The molecule has 3 nitrogen and oxygen atoms in total. The summed E-state index contributed by atoms with van der Waals surface area (Å²) < 4.78 is 0. The highest BCUT2D eigenvalue weighted by Crippen LogP contribution is 2.18. The second kappa shape index (κ2) is 7.07. The third-order valence-electron chi connectivity index (χ3n) is 2.72. The molecule has 0 bridgehead atoms. The molecule has 0 radical (unpaired) electrons. The van der Waals surface area contributed by atoms with Crippen molar-refractivity contribution in [2.75, 3.05) is 38.6 Å². The topological polar surface area (TPSA) is 23.6 Å². The number of nitrogens with zero attached hydrogens (tertiary/aromatic N) is 2. The molecule has 1 rings (SSSR count). The molecule has 0 heterocycles. The van der Waals surface area contributed by atoms with Gasteiger partial charge >= 0.3 is 0 Å². The SMILES string of the molecule is CCCN(CCN(C)C)c1ccccc1C=O. The lowest BCUT2D eigenvalue weighted by atomic mass is 10.1. The van der Waals surface area contributed by atoms with Crippen LogP contribution < -0.4 is 4.90 Å². The number of carbonyl (C=O) groups is 1. The van der Waals surface area contributed by atoms with E-state index in [0.29, 0.717) is 0 Å². The van der Waals surface area contributed by atoms with Gasteiger partial charge in [-0.3, -0.25) is 4.79 Å². The Kier molecular flexibility index (Phi) is 5.70. The highest BCUT2D eigenvalue weighted by molar-refractivity contribution is 5.84. The van der Waals surface area contributed by atoms with E-state index in [4.69, 9.17) is 0 Å². The van der Waals surface area contributed by atoms with Crippen molar-refractivity contribution in [3.05, 3.63) is 29.8 Å². The Labute approximate surface area is 104 Å². The first-order valence-corrected chi connectivity index (χ1v) is 6.13. The second-order valence-corrected chi connectivity index (χ2v) is 4.47. The summed E-state index contributed by atoms with van der Waals surface area (Å²) in [5.41, 5.74) is 1.82. The highest BCUT2D eigenvalue weighted by Gasteiger charge is 2.09. The zero-order valence-corrected chi connectivity index (χ0v) is 11.0. The Balaban J connectivity index is 2.84. The van der Waals surface area contributed by atoms with Crippen molar-refractivity contribution in [2.45, 2.75) is 13.3 Å². The number of anilines is 1. The van der Waals surface area contributed by atoms with Crippen molar-refractivity contribution in [2.24, 2.45) is 0 Å². The maximum atomic E-state index is 11.0. The van der Waals surface area contributed by atoms with E-state index in [2.05, 4.69) is 30.8 Å². The zero-order valence-electron chi connectivity index (χ0n) is 11.0. The van der Waals surface area contributed by atoms with E-state index in [-0.39, 0.29) is 0 Å². The van der Waals surface area contributed by atoms with Crippen LogP contribution in [0, 0.1) is 0 Å². The normalized spacial score (nSPS) is 10.6. The van der Waals surface area contributed by atoms with Crippen LogP contribution in [0.15, 0.2) is 24.3 Å². The third-order valence-corrected chi connectivity index (χ3v) is 2.72. The molecule has 0 aliphatic carbocycles. The Bertz CT molecular complexity index is 350. The lowest BCUT2D eigenvalue weighted by molar-refractivity contribution is 0.112. The smallest absolute Gasteiger partial charge is 0.152 e. The van der Waals surface area contributed by atoms with Crippen LogP contribution >= 0.6 is 0 Å². The molecule has 0 fully saturated rings. The van der Waals surface area contributed by atoms with Crippen molar-refractivity contribution < 1.29 is 4.79 Å². The Morgan fingerprint density at radius 3 is 2.41 bits per heavy atom. The molecule has 0 unspecified atom stereocenters. The fourth-order valence-corrected chi connectivity index (χ4v) is 1.82. The molecule has 3 heteroatoms.